The van der Waals surface area contributed by atoms with Crippen LogP contribution in [0, 0.1) is 10.1 Å². The van der Waals surface area contributed by atoms with Gasteiger partial charge < -0.3 is 14.2 Å². The van der Waals surface area contributed by atoms with E-state index in [2.05, 4.69) is 25.0 Å². The van der Waals surface area contributed by atoms with Crippen molar-refractivity contribution in [2.75, 3.05) is 26.7 Å². The molecule has 0 N–H and O–H groups in total. The lowest BCUT2D eigenvalue weighted by molar-refractivity contribution is -0.384. The van der Waals surface area contributed by atoms with Gasteiger partial charge in [0.1, 0.15) is 11.3 Å². The third-order valence-corrected chi connectivity index (χ3v) is 5.53. The lowest BCUT2D eigenvalue weighted by atomic mass is 9.90. The van der Waals surface area contributed by atoms with Gasteiger partial charge in [-0.1, -0.05) is 17.3 Å². The minimum atomic E-state index is -0.614. The number of rotatable bonds is 7. The molecule has 2 aromatic heterocycles. The molecule has 0 aliphatic carbocycles. The maximum atomic E-state index is 10.8. The average molecular weight is 410 g/mol. The lowest BCUT2D eigenvalue weighted by Crippen LogP contribution is -2.44. The summed E-state index contributed by atoms with van der Waals surface area (Å²) in [6.07, 6.45) is 7.05. The van der Waals surface area contributed by atoms with E-state index >= 15 is 0 Å². The standard InChI is InChI=1S/C20H22N6O4/c1-29-20(19-23-18(24-30-19)17-14-21-9-10-22-17)7-12-25(13-8-20)11-6-15-2-4-16(5-3-15)26(27)28/h2-5,9-10,14H,6-8,11-13H2,1H3. The van der Waals surface area contributed by atoms with E-state index in [0.717, 1.165) is 44.5 Å². The topological polar surface area (TPSA) is 120 Å². The van der Waals surface area contributed by atoms with Gasteiger partial charge in [-0.15, -0.1) is 0 Å². The Kier molecular flexibility index (Phi) is 5.77. The predicted octanol–water partition coefficient (Wildman–Crippen LogP) is 2.62. The maximum absolute atomic E-state index is 10.8. The van der Waals surface area contributed by atoms with E-state index in [1.807, 2.05) is 12.1 Å². The second-order valence-electron chi connectivity index (χ2n) is 7.23. The Balaban J connectivity index is 1.36. The molecular formula is C20H22N6O4. The van der Waals surface area contributed by atoms with Gasteiger partial charge in [-0.05, 0) is 24.8 Å². The second kappa shape index (κ2) is 8.64. The Bertz CT molecular complexity index is 984. The number of likely N-dealkylation sites (tertiary alicyclic amines) is 1. The molecule has 10 heteroatoms. The van der Waals surface area contributed by atoms with Crippen molar-refractivity contribution >= 4 is 5.69 Å². The van der Waals surface area contributed by atoms with E-state index in [9.17, 15) is 10.1 Å². The number of hydrogen-bond acceptors (Lipinski definition) is 9. The van der Waals surface area contributed by atoms with Crippen molar-refractivity contribution in [3.8, 4) is 11.5 Å². The van der Waals surface area contributed by atoms with E-state index < -0.39 is 5.60 Å². The first-order chi connectivity index (χ1) is 14.6. The largest absolute Gasteiger partial charge is 0.368 e. The van der Waals surface area contributed by atoms with Crippen molar-refractivity contribution < 1.29 is 14.2 Å². The van der Waals surface area contributed by atoms with Gasteiger partial charge in [-0.3, -0.25) is 15.1 Å². The van der Waals surface area contributed by atoms with Crippen LogP contribution in [0.1, 0.15) is 24.3 Å². The van der Waals surface area contributed by atoms with Crippen LogP contribution in [0.4, 0.5) is 5.69 Å². The number of methoxy groups -OCH3 is 1. The van der Waals surface area contributed by atoms with Crippen molar-refractivity contribution in [1.82, 2.24) is 25.0 Å². The molecule has 1 fully saturated rings. The highest BCUT2D eigenvalue weighted by Crippen LogP contribution is 2.36. The molecule has 1 aromatic carbocycles. The summed E-state index contributed by atoms with van der Waals surface area (Å²) in [6.45, 7) is 2.51. The van der Waals surface area contributed by atoms with Crippen molar-refractivity contribution in [3.05, 3.63) is 64.4 Å². The minimum absolute atomic E-state index is 0.113. The molecule has 1 saturated heterocycles. The fourth-order valence-electron chi connectivity index (χ4n) is 3.64. The van der Waals surface area contributed by atoms with Gasteiger partial charge in [0.25, 0.3) is 11.6 Å². The Morgan fingerprint density at radius 2 is 2.00 bits per heavy atom. The van der Waals surface area contributed by atoms with Crippen LogP contribution in [0.15, 0.2) is 47.4 Å². The summed E-state index contributed by atoms with van der Waals surface area (Å²) < 4.78 is 11.4. The van der Waals surface area contributed by atoms with Gasteiger partial charge in [-0.25, -0.2) is 4.98 Å². The van der Waals surface area contributed by atoms with E-state index in [1.54, 1.807) is 37.8 Å². The molecule has 0 amide bonds. The Morgan fingerprint density at radius 3 is 2.63 bits per heavy atom. The lowest BCUT2D eigenvalue weighted by Gasteiger charge is -2.38. The molecule has 1 aliphatic heterocycles. The third kappa shape index (κ3) is 4.19. The molecule has 3 heterocycles. The molecule has 0 saturated carbocycles. The summed E-state index contributed by atoms with van der Waals surface area (Å²) in [5, 5.41) is 14.8. The van der Waals surface area contributed by atoms with E-state index in [4.69, 9.17) is 9.26 Å². The van der Waals surface area contributed by atoms with Crippen molar-refractivity contribution in [3.63, 3.8) is 0 Å². The smallest absolute Gasteiger partial charge is 0.269 e. The molecule has 0 spiro atoms. The SMILES string of the molecule is COC1(c2nc(-c3cnccn3)no2)CCN(CCc2ccc([N+](=O)[O-])cc2)CC1. The highest BCUT2D eigenvalue weighted by atomic mass is 16.6. The molecule has 0 atom stereocenters. The minimum Gasteiger partial charge on any atom is -0.368 e. The summed E-state index contributed by atoms with van der Waals surface area (Å²) in [5.41, 5.74) is 1.13. The zero-order chi connectivity index (χ0) is 21.0. The zero-order valence-electron chi connectivity index (χ0n) is 16.6. The first-order valence-corrected chi connectivity index (χ1v) is 9.71. The van der Waals surface area contributed by atoms with Crippen molar-refractivity contribution in [2.45, 2.75) is 24.9 Å². The molecule has 3 aromatic rings. The van der Waals surface area contributed by atoms with Crippen molar-refractivity contribution in [2.24, 2.45) is 0 Å². The summed E-state index contributed by atoms with van der Waals surface area (Å²) in [4.78, 5) is 25.5. The van der Waals surface area contributed by atoms with Gasteiger partial charge in [0.2, 0.25) is 5.82 Å². The molecule has 156 valence electrons. The van der Waals surface area contributed by atoms with Crippen LogP contribution in [-0.2, 0) is 16.8 Å². The Morgan fingerprint density at radius 1 is 1.23 bits per heavy atom. The van der Waals surface area contributed by atoms with Gasteiger partial charge in [0.05, 0.1) is 11.1 Å². The van der Waals surface area contributed by atoms with Gasteiger partial charge in [-0.2, -0.15) is 4.98 Å². The Hall–Kier alpha value is -3.24. The van der Waals surface area contributed by atoms with E-state index in [0.29, 0.717) is 17.4 Å². The van der Waals surface area contributed by atoms with Crippen LogP contribution in [0.25, 0.3) is 11.5 Å². The first kappa shape index (κ1) is 20.0. The number of hydrogen-bond donors (Lipinski definition) is 0. The van der Waals surface area contributed by atoms with Crippen molar-refractivity contribution in [1.29, 1.82) is 0 Å². The zero-order valence-corrected chi connectivity index (χ0v) is 16.6. The fraction of sp³-hybridized carbons (Fsp3) is 0.400. The predicted molar refractivity (Wildman–Crippen MR) is 106 cm³/mol. The van der Waals surface area contributed by atoms with Crippen LogP contribution >= 0.6 is 0 Å². The number of nitro groups is 1. The quantitative estimate of drug-likeness (QED) is 0.427. The summed E-state index contributed by atoms with van der Waals surface area (Å²) in [6, 6.07) is 6.72. The fourth-order valence-corrected chi connectivity index (χ4v) is 3.64. The third-order valence-electron chi connectivity index (χ3n) is 5.53. The number of non-ortho nitro benzene ring substituents is 1. The normalized spacial score (nSPS) is 16.4. The molecule has 4 rings (SSSR count). The number of piperidine rings is 1. The number of nitro benzene ring substituents is 1. The number of ether oxygens (including phenoxy) is 1. The molecule has 1 aliphatic rings. The monoisotopic (exact) mass is 410 g/mol. The molecule has 0 unspecified atom stereocenters. The molecule has 10 nitrogen and oxygen atoms in total. The van der Waals surface area contributed by atoms with E-state index in [1.165, 1.54) is 0 Å². The first-order valence-electron chi connectivity index (χ1n) is 9.71. The van der Waals surface area contributed by atoms with Crippen LogP contribution in [-0.4, -0.2) is 56.7 Å². The highest BCUT2D eigenvalue weighted by molar-refractivity contribution is 5.45. The summed E-state index contributed by atoms with van der Waals surface area (Å²) in [7, 11) is 1.67. The van der Waals surface area contributed by atoms with Gasteiger partial charge >= 0.3 is 0 Å². The summed E-state index contributed by atoms with van der Waals surface area (Å²) >= 11 is 0. The molecule has 0 bridgehead atoms. The average Bonchev–Trinajstić information content (AvgIpc) is 3.30. The van der Waals surface area contributed by atoms with Crippen LogP contribution in [0.2, 0.25) is 0 Å². The van der Waals surface area contributed by atoms with Gasteiger partial charge in [0, 0.05) is 51.3 Å². The molecule has 30 heavy (non-hydrogen) atoms. The summed E-state index contributed by atoms with van der Waals surface area (Å²) in [5.74, 6) is 0.857. The van der Waals surface area contributed by atoms with Gasteiger partial charge in [0.15, 0.2) is 0 Å². The number of benzene rings is 1. The highest BCUT2D eigenvalue weighted by Gasteiger charge is 2.41. The Labute approximate surface area is 173 Å². The van der Waals surface area contributed by atoms with E-state index in [-0.39, 0.29) is 10.6 Å². The second-order valence-corrected chi connectivity index (χ2v) is 7.23. The molecular weight excluding hydrogens is 388 g/mol. The number of nitrogens with zero attached hydrogens (tertiary/aromatic N) is 6. The number of aromatic nitrogens is 4. The van der Waals surface area contributed by atoms with Crippen LogP contribution in [0.3, 0.4) is 0 Å². The van der Waals surface area contributed by atoms with Crippen LogP contribution in [0.5, 0.6) is 0 Å². The van der Waals surface area contributed by atoms with Crippen LogP contribution < -0.4 is 0 Å². The maximum Gasteiger partial charge on any atom is 0.269 e. The molecule has 0 radical (unpaired) electrons.